The third kappa shape index (κ3) is 3.61. The Morgan fingerprint density at radius 3 is 2.82 bits per heavy atom. The van der Waals surface area contributed by atoms with Crippen molar-refractivity contribution in [1.29, 1.82) is 0 Å². The number of halogens is 2. The van der Waals surface area contributed by atoms with E-state index in [1.807, 2.05) is 24.3 Å². The van der Waals surface area contributed by atoms with Crippen LogP contribution in [0.5, 0.6) is 0 Å². The predicted molar refractivity (Wildman–Crippen MR) is 103 cm³/mol. The van der Waals surface area contributed by atoms with Crippen LogP contribution in [-0.4, -0.2) is 27.8 Å². The lowest BCUT2D eigenvalue weighted by atomic mass is 10.1. The first kappa shape index (κ1) is 18.5. The zero-order valence-corrected chi connectivity index (χ0v) is 16.1. The monoisotopic (exact) mass is 443 g/mol. The Hall–Kier alpha value is -2.84. The molecule has 2 aromatic carbocycles. The number of nitrogens with zero attached hydrogens (tertiary/aromatic N) is 2. The normalized spacial score (nSPS) is 13.8. The lowest BCUT2D eigenvalue weighted by molar-refractivity contribution is 0.0901. The highest BCUT2D eigenvalue weighted by atomic mass is 79.9. The van der Waals surface area contributed by atoms with Gasteiger partial charge in [-0.05, 0) is 53.9 Å². The van der Waals surface area contributed by atoms with Gasteiger partial charge in [0.25, 0.3) is 11.8 Å². The van der Waals surface area contributed by atoms with E-state index in [9.17, 15) is 14.3 Å². The number of carbonyl (C=O) groups excluding carboxylic acids is 1. The van der Waals surface area contributed by atoms with E-state index in [1.54, 1.807) is 0 Å². The number of nitrogens with one attached hydrogen (secondary N) is 1. The minimum atomic E-state index is -0.872. The fourth-order valence-electron chi connectivity index (χ4n) is 3.03. The molecule has 1 heterocycles. The van der Waals surface area contributed by atoms with Gasteiger partial charge in [0, 0.05) is 15.6 Å². The molecule has 142 valence electrons. The Labute approximate surface area is 168 Å². The molecule has 0 saturated carbocycles. The van der Waals surface area contributed by atoms with E-state index in [1.165, 1.54) is 24.3 Å². The van der Waals surface area contributed by atoms with Crippen LogP contribution in [0.2, 0.25) is 0 Å². The number of hydrogen-bond acceptors (Lipinski definition) is 5. The smallest absolute Gasteiger partial charge is 0.251 e. The van der Waals surface area contributed by atoms with Gasteiger partial charge >= 0.3 is 0 Å². The average molecular weight is 444 g/mol. The number of benzene rings is 2. The molecule has 1 aromatic heterocycles. The molecular weight excluding hydrogens is 429 g/mol. The first-order chi connectivity index (χ1) is 13.5. The summed E-state index contributed by atoms with van der Waals surface area (Å²) in [7, 11) is 0. The highest BCUT2D eigenvalue weighted by Gasteiger charge is 2.25. The topological polar surface area (TPSA) is 88.2 Å². The number of amides is 1. The molecule has 1 aliphatic rings. The SMILES string of the molecule is O=C(N[C@@H](CO)c1nc(C2=CCc3ccc(Br)cc32)no1)c1ccc(F)cc1. The van der Waals surface area contributed by atoms with Gasteiger partial charge in [-0.2, -0.15) is 4.98 Å². The van der Waals surface area contributed by atoms with Gasteiger partial charge in [-0.1, -0.05) is 33.2 Å². The second-order valence-electron chi connectivity index (χ2n) is 6.30. The standard InChI is InChI=1S/C20H15BrFN3O3/c21-13-5-1-11-4-8-15(16(11)9-13)18-24-20(28-25-18)17(10-26)23-19(27)12-2-6-14(22)7-3-12/h1-3,5-9,17,26H,4,10H2,(H,23,27)/t17-/m0/s1. The molecule has 0 unspecified atom stereocenters. The molecule has 0 spiro atoms. The Kier molecular flexibility index (Phi) is 5.06. The largest absolute Gasteiger partial charge is 0.394 e. The van der Waals surface area contributed by atoms with Crippen LogP contribution in [0.4, 0.5) is 4.39 Å². The number of fused-ring (bicyclic) bond motifs is 1. The van der Waals surface area contributed by atoms with Crippen molar-refractivity contribution in [2.75, 3.05) is 6.61 Å². The van der Waals surface area contributed by atoms with Crippen molar-refractivity contribution in [3.63, 3.8) is 0 Å². The molecule has 0 saturated heterocycles. The van der Waals surface area contributed by atoms with Crippen LogP contribution in [0.1, 0.15) is 39.2 Å². The van der Waals surface area contributed by atoms with E-state index in [0.29, 0.717) is 5.82 Å². The van der Waals surface area contributed by atoms with Crippen molar-refractivity contribution < 1.29 is 18.8 Å². The quantitative estimate of drug-likeness (QED) is 0.630. The summed E-state index contributed by atoms with van der Waals surface area (Å²) in [6.07, 6.45) is 2.78. The third-order valence-electron chi connectivity index (χ3n) is 4.46. The number of aliphatic hydroxyl groups is 1. The lowest BCUT2D eigenvalue weighted by Crippen LogP contribution is -2.31. The molecule has 28 heavy (non-hydrogen) atoms. The number of allylic oxidation sites excluding steroid dienone is 1. The van der Waals surface area contributed by atoms with Gasteiger partial charge in [0.05, 0.1) is 6.61 Å². The van der Waals surface area contributed by atoms with Crippen molar-refractivity contribution in [2.45, 2.75) is 12.5 Å². The van der Waals surface area contributed by atoms with Crippen molar-refractivity contribution >= 4 is 27.4 Å². The summed E-state index contributed by atoms with van der Waals surface area (Å²) in [5.74, 6) is -0.430. The van der Waals surface area contributed by atoms with Gasteiger partial charge in [0.1, 0.15) is 11.9 Å². The van der Waals surface area contributed by atoms with Crippen LogP contribution in [0.15, 0.2) is 57.5 Å². The Balaban J connectivity index is 1.54. The summed E-state index contributed by atoms with van der Waals surface area (Å²) >= 11 is 3.46. The van der Waals surface area contributed by atoms with Crippen LogP contribution in [0.25, 0.3) is 5.57 Å². The molecule has 0 bridgehead atoms. The van der Waals surface area contributed by atoms with E-state index >= 15 is 0 Å². The Morgan fingerprint density at radius 1 is 1.29 bits per heavy atom. The second kappa shape index (κ2) is 7.65. The molecule has 8 heteroatoms. The maximum Gasteiger partial charge on any atom is 0.251 e. The molecule has 1 amide bonds. The minimum Gasteiger partial charge on any atom is -0.394 e. The highest BCUT2D eigenvalue weighted by Crippen LogP contribution is 2.33. The van der Waals surface area contributed by atoms with Crippen molar-refractivity contribution in [2.24, 2.45) is 0 Å². The summed E-state index contributed by atoms with van der Waals surface area (Å²) in [4.78, 5) is 16.7. The summed E-state index contributed by atoms with van der Waals surface area (Å²) in [6, 6.07) is 10.2. The molecule has 0 aliphatic heterocycles. The van der Waals surface area contributed by atoms with Crippen LogP contribution < -0.4 is 5.32 Å². The van der Waals surface area contributed by atoms with E-state index in [-0.39, 0.29) is 11.5 Å². The number of carbonyl (C=O) groups is 1. The highest BCUT2D eigenvalue weighted by molar-refractivity contribution is 9.10. The number of aliphatic hydroxyl groups excluding tert-OH is 1. The molecule has 2 N–H and O–H groups in total. The fourth-order valence-corrected chi connectivity index (χ4v) is 3.39. The maximum absolute atomic E-state index is 13.0. The second-order valence-corrected chi connectivity index (χ2v) is 7.21. The van der Waals surface area contributed by atoms with Crippen LogP contribution in [0, 0.1) is 5.82 Å². The number of hydrogen-bond donors (Lipinski definition) is 2. The van der Waals surface area contributed by atoms with Crippen molar-refractivity contribution in [3.8, 4) is 0 Å². The maximum atomic E-state index is 13.0. The van der Waals surface area contributed by atoms with Gasteiger partial charge < -0.3 is 14.9 Å². The molecule has 0 fully saturated rings. The van der Waals surface area contributed by atoms with Gasteiger partial charge in [-0.3, -0.25) is 4.79 Å². The predicted octanol–water partition coefficient (Wildman–Crippen LogP) is 3.42. The van der Waals surface area contributed by atoms with E-state index < -0.39 is 24.4 Å². The van der Waals surface area contributed by atoms with E-state index in [4.69, 9.17) is 4.52 Å². The molecule has 1 atom stereocenters. The van der Waals surface area contributed by atoms with Crippen molar-refractivity contribution in [1.82, 2.24) is 15.5 Å². The van der Waals surface area contributed by atoms with Gasteiger partial charge in [0.2, 0.25) is 5.82 Å². The van der Waals surface area contributed by atoms with Gasteiger partial charge in [-0.15, -0.1) is 0 Å². The lowest BCUT2D eigenvalue weighted by Gasteiger charge is -2.12. The first-order valence-corrected chi connectivity index (χ1v) is 9.34. The summed E-state index contributed by atoms with van der Waals surface area (Å²) in [5.41, 5.74) is 3.27. The third-order valence-corrected chi connectivity index (χ3v) is 4.96. The average Bonchev–Trinajstić information content (AvgIpc) is 3.33. The van der Waals surface area contributed by atoms with Crippen LogP contribution >= 0.6 is 15.9 Å². The molecule has 4 rings (SSSR count). The van der Waals surface area contributed by atoms with Crippen molar-refractivity contribution in [3.05, 3.63) is 87.2 Å². The molecule has 1 aliphatic carbocycles. The van der Waals surface area contributed by atoms with Crippen LogP contribution in [-0.2, 0) is 6.42 Å². The zero-order chi connectivity index (χ0) is 19.7. The Morgan fingerprint density at radius 2 is 2.07 bits per heavy atom. The van der Waals surface area contributed by atoms with Crippen LogP contribution in [0.3, 0.4) is 0 Å². The number of aromatic nitrogens is 2. The zero-order valence-electron chi connectivity index (χ0n) is 14.5. The number of rotatable bonds is 5. The molecular formula is C20H15BrFN3O3. The molecule has 0 radical (unpaired) electrons. The minimum absolute atomic E-state index is 0.0947. The van der Waals surface area contributed by atoms with E-state index in [0.717, 1.165) is 27.6 Å². The first-order valence-electron chi connectivity index (χ1n) is 8.55. The van der Waals surface area contributed by atoms with E-state index in [2.05, 4.69) is 31.4 Å². The summed E-state index contributed by atoms with van der Waals surface area (Å²) in [5, 5.41) is 16.3. The Bertz CT molecular complexity index is 1060. The van der Waals surface area contributed by atoms with Gasteiger partial charge in [0.15, 0.2) is 0 Å². The molecule has 3 aromatic rings. The molecule has 6 nitrogen and oxygen atoms in total. The summed E-state index contributed by atoms with van der Waals surface area (Å²) in [6.45, 7) is -0.421. The summed E-state index contributed by atoms with van der Waals surface area (Å²) < 4.78 is 19.2. The fraction of sp³-hybridized carbons (Fsp3) is 0.150. The van der Waals surface area contributed by atoms with Gasteiger partial charge in [-0.25, -0.2) is 4.39 Å².